The van der Waals surface area contributed by atoms with E-state index in [0.717, 1.165) is 6.54 Å². The van der Waals surface area contributed by atoms with Gasteiger partial charge in [-0.1, -0.05) is 37.0 Å². The zero-order valence-corrected chi connectivity index (χ0v) is 8.45. The van der Waals surface area contributed by atoms with Gasteiger partial charge in [-0.15, -0.1) is 0 Å². The Kier molecular flexibility index (Phi) is 5.34. The van der Waals surface area contributed by atoms with Crippen LogP contribution in [0.1, 0.15) is 20.8 Å². The monoisotopic (exact) mass is 194 g/mol. The van der Waals surface area contributed by atoms with Crippen molar-refractivity contribution in [2.45, 2.75) is 27.3 Å². The maximum absolute atomic E-state index is 5.68. The smallest absolute Gasteiger partial charge is 0.166 e. The number of hydrogen-bond donors (Lipinski definition) is 0. The predicted octanol–water partition coefficient (Wildman–Crippen LogP) is 3.24. The molecule has 0 bridgehead atoms. The molecule has 11 heavy (non-hydrogen) atoms. The average Bonchev–Trinajstić information content (AvgIpc) is 2.37. The number of aryl methyl sites for hydroxylation is 1. The molecule has 1 aromatic heterocycles. The molecule has 0 saturated carbocycles. The number of rotatable bonds is 1. The maximum atomic E-state index is 5.68. The lowest BCUT2D eigenvalue weighted by atomic mass is 10.7. The van der Waals surface area contributed by atoms with E-state index < -0.39 is 0 Å². The van der Waals surface area contributed by atoms with Crippen molar-refractivity contribution in [1.29, 1.82) is 0 Å². The summed E-state index contributed by atoms with van der Waals surface area (Å²) in [7, 11) is 0. The minimum absolute atomic E-state index is 0.374. The summed E-state index contributed by atoms with van der Waals surface area (Å²) in [4.78, 5) is 3.78. The van der Waals surface area contributed by atoms with Crippen molar-refractivity contribution in [3.05, 3.63) is 16.6 Å². The molecule has 0 N–H and O–H groups in total. The molecule has 1 heterocycles. The van der Waals surface area contributed by atoms with Crippen LogP contribution >= 0.6 is 23.2 Å². The molecule has 0 amide bonds. The van der Waals surface area contributed by atoms with Gasteiger partial charge < -0.3 is 4.57 Å². The first-order valence-corrected chi connectivity index (χ1v) is 4.37. The molecule has 0 saturated heterocycles. The maximum Gasteiger partial charge on any atom is 0.166 e. The van der Waals surface area contributed by atoms with Crippen molar-refractivity contribution in [3.8, 4) is 0 Å². The summed E-state index contributed by atoms with van der Waals surface area (Å²) in [5.41, 5.74) is 0. The van der Waals surface area contributed by atoms with Crippen LogP contribution in [0.2, 0.25) is 10.3 Å². The first-order valence-electron chi connectivity index (χ1n) is 3.61. The second-order valence-corrected chi connectivity index (χ2v) is 2.33. The highest BCUT2D eigenvalue weighted by atomic mass is 35.5. The van der Waals surface area contributed by atoms with E-state index in [1.165, 1.54) is 0 Å². The molecule has 64 valence electrons. The molecule has 0 aliphatic rings. The van der Waals surface area contributed by atoms with Gasteiger partial charge >= 0.3 is 0 Å². The highest BCUT2D eigenvalue weighted by Gasteiger charge is 2.01. The quantitative estimate of drug-likeness (QED) is 0.672. The number of imidazole rings is 1. The highest BCUT2D eigenvalue weighted by molar-refractivity contribution is 6.40. The summed E-state index contributed by atoms with van der Waals surface area (Å²) in [6.07, 6.45) is 1.62. The molecule has 4 heteroatoms. The fourth-order valence-electron chi connectivity index (χ4n) is 0.563. The van der Waals surface area contributed by atoms with Gasteiger partial charge in [-0.05, 0) is 6.92 Å². The molecular weight excluding hydrogens is 183 g/mol. The molecule has 2 nitrogen and oxygen atoms in total. The van der Waals surface area contributed by atoms with E-state index in [0.29, 0.717) is 10.3 Å². The fraction of sp³-hybridized carbons (Fsp3) is 0.571. The van der Waals surface area contributed by atoms with Crippen LogP contribution in [0.3, 0.4) is 0 Å². The van der Waals surface area contributed by atoms with Crippen LogP contribution in [0.15, 0.2) is 6.33 Å². The van der Waals surface area contributed by atoms with Crippen molar-refractivity contribution in [1.82, 2.24) is 9.55 Å². The van der Waals surface area contributed by atoms with Crippen molar-refractivity contribution in [3.63, 3.8) is 0 Å². The van der Waals surface area contributed by atoms with E-state index >= 15 is 0 Å². The molecule has 0 aliphatic heterocycles. The molecule has 0 aromatic carbocycles. The van der Waals surface area contributed by atoms with E-state index in [2.05, 4.69) is 4.98 Å². The predicted molar refractivity (Wildman–Crippen MR) is 49.3 cm³/mol. The number of hydrogen-bond acceptors (Lipinski definition) is 1. The van der Waals surface area contributed by atoms with Crippen LogP contribution in [-0.4, -0.2) is 9.55 Å². The molecule has 0 unspecified atom stereocenters. The summed E-state index contributed by atoms with van der Waals surface area (Å²) >= 11 is 11.2. The number of aromatic nitrogens is 2. The van der Waals surface area contributed by atoms with E-state index in [-0.39, 0.29) is 0 Å². The minimum Gasteiger partial charge on any atom is -0.321 e. The van der Waals surface area contributed by atoms with Crippen molar-refractivity contribution < 1.29 is 0 Å². The number of halogens is 2. The molecule has 1 rings (SSSR count). The van der Waals surface area contributed by atoms with Crippen molar-refractivity contribution in [2.24, 2.45) is 0 Å². The Bertz CT molecular complexity index is 208. The normalized spacial score (nSPS) is 8.82. The molecule has 0 fully saturated rings. The Labute approximate surface area is 77.1 Å². The van der Waals surface area contributed by atoms with E-state index in [9.17, 15) is 0 Å². The van der Waals surface area contributed by atoms with E-state index in [1.807, 2.05) is 20.8 Å². The SMILES string of the molecule is CC.CCn1cnc(Cl)c1Cl. The minimum atomic E-state index is 0.374. The molecule has 0 spiro atoms. The largest absolute Gasteiger partial charge is 0.321 e. The van der Waals surface area contributed by atoms with Gasteiger partial charge in [0.25, 0.3) is 0 Å². The van der Waals surface area contributed by atoms with Crippen LogP contribution in [-0.2, 0) is 6.54 Å². The molecule has 0 atom stereocenters. The van der Waals surface area contributed by atoms with E-state index in [4.69, 9.17) is 23.2 Å². The zero-order valence-electron chi connectivity index (χ0n) is 6.93. The van der Waals surface area contributed by atoms with Crippen LogP contribution < -0.4 is 0 Å². The third-order valence-electron chi connectivity index (χ3n) is 1.07. The van der Waals surface area contributed by atoms with Gasteiger partial charge in [0.1, 0.15) is 5.15 Å². The van der Waals surface area contributed by atoms with Gasteiger partial charge in [0, 0.05) is 6.54 Å². The van der Waals surface area contributed by atoms with E-state index in [1.54, 1.807) is 10.9 Å². The number of nitrogens with zero attached hydrogens (tertiary/aromatic N) is 2. The van der Waals surface area contributed by atoms with Gasteiger partial charge in [0.05, 0.1) is 6.33 Å². The van der Waals surface area contributed by atoms with Crippen LogP contribution in [0.5, 0.6) is 0 Å². The van der Waals surface area contributed by atoms with Crippen molar-refractivity contribution >= 4 is 23.2 Å². The second-order valence-electron chi connectivity index (χ2n) is 1.61. The molecule has 0 radical (unpaired) electrons. The van der Waals surface area contributed by atoms with Gasteiger partial charge in [0.2, 0.25) is 0 Å². The molecular formula is C7H12Cl2N2. The summed E-state index contributed by atoms with van der Waals surface area (Å²) < 4.78 is 1.77. The third-order valence-corrected chi connectivity index (χ3v) is 1.84. The van der Waals surface area contributed by atoms with Crippen LogP contribution in [0.25, 0.3) is 0 Å². The summed E-state index contributed by atoms with van der Waals surface area (Å²) in [6.45, 7) is 6.78. The lowest BCUT2D eigenvalue weighted by Crippen LogP contribution is -1.89. The molecule has 0 aliphatic carbocycles. The lowest BCUT2D eigenvalue weighted by Gasteiger charge is -1.94. The average molecular weight is 195 g/mol. The Morgan fingerprint density at radius 3 is 2.18 bits per heavy atom. The fourth-order valence-corrected chi connectivity index (χ4v) is 0.927. The lowest BCUT2D eigenvalue weighted by molar-refractivity contribution is 0.762. The second kappa shape index (κ2) is 5.44. The topological polar surface area (TPSA) is 17.8 Å². The van der Waals surface area contributed by atoms with Crippen LogP contribution in [0.4, 0.5) is 0 Å². The van der Waals surface area contributed by atoms with Gasteiger partial charge in [0.15, 0.2) is 5.15 Å². The Morgan fingerprint density at radius 2 is 2.00 bits per heavy atom. The Morgan fingerprint density at radius 1 is 1.45 bits per heavy atom. The summed E-state index contributed by atoms with van der Waals surface area (Å²) in [5.74, 6) is 0. The highest BCUT2D eigenvalue weighted by Crippen LogP contribution is 2.18. The van der Waals surface area contributed by atoms with Gasteiger partial charge in [-0.2, -0.15) is 0 Å². The Balaban J connectivity index is 0.000000461. The van der Waals surface area contributed by atoms with Crippen molar-refractivity contribution in [2.75, 3.05) is 0 Å². The first-order chi connectivity index (χ1) is 5.25. The molecule has 1 aromatic rings. The standard InChI is InChI=1S/C5H6Cl2N2.C2H6/c1-2-9-3-8-4(6)5(9)7;1-2/h3H,2H2,1H3;1-2H3. The Hall–Kier alpha value is -0.210. The van der Waals surface area contributed by atoms with Gasteiger partial charge in [-0.25, -0.2) is 4.98 Å². The summed E-state index contributed by atoms with van der Waals surface area (Å²) in [5, 5.41) is 0.887. The van der Waals surface area contributed by atoms with Crippen LogP contribution in [0, 0.1) is 0 Å². The first kappa shape index (κ1) is 10.8. The summed E-state index contributed by atoms with van der Waals surface area (Å²) in [6, 6.07) is 0. The zero-order chi connectivity index (χ0) is 8.85. The van der Waals surface area contributed by atoms with Gasteiger partial charge in [-0.3, -0.25) is 0 Å². The third kappa shape index (κ3) is 2.72.